The Kier molecular flexibility index (Phi) is 21.5. The van der Waals surface area contributed by atoms with Crippen molar-refractivity contribution in [1.29, 1.82) is 0 Å². The van der Waals surface area contributed by atoms with Gasteiger partial charge in [-0.3, -0.25) is 11.8 Å². The van der Waals surface area contributed by atoms with Gasteiger partial charge in [-0.05, 0) is 52.4 Å². The number of aryl methyl sites for hydroxylation is 1. The molecule has 2 aliphatic rings. The Hall–Kier alpha value is -1.61. The number of nitrogen functional groups attached to an aromatic ring is 1. The minimum Gasteiger partial charge on any atom is -0.851 e. The minimum absolute atomic E-state index is 0. The summed E-state index contributed by atoms with van der Waals surface area (Å²) in [6.45, 7) is 12.7. The van der Waals surface area contributed by atoms with Crippen molar-refractivity contribution in [3.8, 4) is 0 Å². The molecule has 1 aliphatic carbocycles. The van der Waals surface area contributed by atoms with E-state index in [0.717, 1.165) is 23.4 Å². The van der Waals surface area contributed by atoms with Gasteiger partial charge < -0.3 is 38.5 Å². The van der Waals surface area contributed by atoms with Crippen LogP contribution >= 0.6 is 0 Å². The molecule has 5 N–H and O–H groups in total. The third-order valence-electron chi connectivity index (χ3n) is 5.45. The Morgan fingerprint density at radius 2 is 1.63 bits per heavy atom. The zero-order valence-corrected chi connectivity index (χ0v) is 26.5. The summed E-state index contributed by atoms with van der Waals surface area (Å²) in [7, 11) is 7.49. The second kappa shape index (κ2) is 21.2. The van der Waals surface area contributed by atoms with Gasteiger partial charge in [-0.1, -0.05) is 60.5 Å². The van der Waals surface area contributed by atoms with Crippen LogP contribution in [0.1, 0.15) is 43.4 Å². The number of benzene rings is 2. The largest absolute Gasteiger partial charge is 2.00 e. The van der Waals surface area contributed by atoms with Crippen LogP contribution in [0.3, 0.4) is 0 Å². The Balaban J connectivity index is 0. The summed E-state index contributed by atoms with van der Waals surface area (Å²) in [5.41, 5.74) is 15.3. The number of hydrogen-bond acceptors (Lipinski definition) is 7. The molecule has 208 valence electrons. The van der Waals surface area contributed by atoms with Crippen LogP contribution < -0.4 is 21.9 Å². The number of hydrogen-bond donors (Lipinski definition) is 3. The van der Waals surface area contributed by atoms with Gasteiger partial charge in [0.1, 0.15) is 0 Å². The Bertz CT molecular complexity index is 946. The first-order valence-corrected chi connectivity index (χ1v) is 12.5. The summed E-state index contributed by atoms with van der Waals surface area (Å²) in [6.07, 6.45) is 2.42. The number of allylic oxidation sites excluding steroid dienone is 1. The number of nitrogens with one attached hydrogen (secondary N) is 1. The maximum atomic E-state index is 11.3. The molecule has 0 radical (unpaired) electrons. The molecule has 0 atom stereocenters. The second-order valence-corrected chi connectivity index (χ2v) is 9.35. The number of ether oxygens (including phenoxy) is 1. The zero-order valence-electron chi connectivity index (χ0n) is 24.3. The van der Waals surface area contributed by atoms with Gasteiger partial charge in [0.25, 0.3) is 0 Å². The number of anilines is 1. The van der Waals surface area contributed by atoms with Crippen LogP contribution in [0.25, 0.3) is 0 Å². The van der Waals surface area contributed by atoms with Crippen LogP contribution in [-0.4, -0.2) is 82.2 Å². The SMILES string of the molecule is CNC.Cc1c(N)cccc1C[O-].Cc1ccccc1.[CH2-]CN.[CH2-]N1C/C1=C(/OCC1(C)CC1)C(C)=O.[Ca+2]. The fourth-order valence-corrected chi connectivity index (χ4v) is 2.75. The minimum atomic E-state index is -0.184. The summed E-state index contributed by atoms with van der Waals surface area (Å²) in [4.78, 5) is 13.1. The van der Waals surface area contributed by atoms with E-state index in [-0.39, 0.29) is 50.1 Å². The molecule has 1 aliphatic heterocycles. The molecule has 38 heavy (non-hydrogen) atoms. The molecule has 7 nitrogen and oxygen atoms in total. The molecule has 1 saturated carbocycles. The van der Waals surface area contributed by atoms with Gasteiger partial charge in [-0.2, -0.15) is 0 Å². The van der Waals surface area contributed by atoms with E-state index in [1.54, 1.807) is 30.0 Å². The van der Waals surface area contributed by atoms with Crippen LogP contribution in [0.4, 0.5) is 5.69 Å². The summed E-state index contributed by atoms with van der Waals surface area (Å²) >= 11 is 0. The van der Waals surface area contributed by atoms with Crippen molar-refractivity contribution in [3.05, 3.63) is 90.6 Å². The monoisotopic (exact) mass is 551 g/mol. The van der Waals surface area contributed by atoms with Crippen molar-refractivity contribution < 1.29 is 14.6 Å². The molecule has 8 heteroatoms. The number of rotatable bonds is 5. The van der Waals surface area contributed by atoms with Crippen LogP contribution in [0.5, 0.6) is 0 Å². The van der Waals surface area contributed by atoms with Crippen molar-refractivity contribution >= 4 is 49.2 Å². The standard InChI is InChI=1S/C11H16NO2.C8H10NO.C7H8.C2H7N.C2H6N.Ca/c1-8(13)10(9-6-12(9)3)14-7-11(2)4-5-11;1-6-7(5-10)3-2-4-8(6)9;1-7-5-3-2-4-6-7;1-3-2;1-2-3;/h3-7H2,1-2H3;2-4H,5,9H2,1H3;2-6H,1H3;3H,1-2H3;1-3H2;/q2*-1;;;-1;+2/b10-9-;;;;;. The van der Waals surface area contributed by atoms with Crippen LogP contribution in [0, 0.1) is 33.2 Å². The topological polar surface area (TPSA) is 116 Å². The van der Waals surface area contributed by atoms with E-state index in [1.165, 1.54) is 18.4 Å². The van der Waals surface area contributed by atoms with Crippen LogP contribution in [0.2, 0.25) is 0 Å². The summed E-state index contributed by atoms with van der Waals surface area (Å²) in [5.74, 6) is 0.531. The zero-order chi connectivity index (χ0) is 28.4. The molecule has 0 bridgehead atoms. The molecule has 2 fully saturated rings. The van der Waals surface area contributed by atoms with E-state index in [9.17, 15) is 9.90 Å². The van der Waals surface area contributed by atoms with Crippen LogP contribution in [-0.2, 0) is 16.1 Å². The Morgan fingerprint density at radius 3 is 1.95 bits per heavy atom. The average Bonchev–Trinajstić information content (AvgIpc) is 3.77. The maximum Gasteiger partial charge on any atom is 2.00 e. The van der Waals surface area contributed by atoms with E-state index in [0.29, 0.717) is 30.0 Å². The fraction of sp³-hybridized carbons (Fsp3) is 0.433. The van der Waals surface area contributed by atoms with Crippen molar-refractivity contribution in [1.82, 2.24) is 10.2 Å². The second-order valence-electron chi connectivity index (χ2n) is 9.35. The number of carbonyl (C=O) groups is 1. The van der Waals surface area contributed by atoms with Crippen molar-refractivity contribution in [2.45, 2.75) is 47.1 Å². The number of Topliss-reactive ketones (excluding diaryl/α,β-unsaturated/α-hetero) is 1. The van der Waals surface area contributed by atoms with Crippen molar-refractivity contribution in [3.63, 3.8) is 0 Å². The van der Waals surface area contributed by atoms with Gasteiger partial charge in [0.2, 0.25) is 0 Å². The number of nitrogens with zero attached hydrogens (tertiary/aromatic N) is 1. The molecule has 0 aromatic heterocycles. The van der Waals surface area contributed by atoms with E-state index < -0.39 is 0 Å². The molecule has 0 amide bonds. The third kappa shape index (κ3) is 17.1. The van der Waals surface area contributed by atoms with Crippen molar-refractivity contribution in [2.75, 3.05) is 39.5 Å². The molecular formula is C30H47CaN4O3-. The quantitative estimate of drug-likeness (QED) is 0.130. The molecule has 1 saturated heterocycles. The van der Waals surface area contributed by atoms with E-state index in [4.69, 9.17) is 16.2 Å². The van der Waals surface area contributed by atoms with E-state index >= 15 is 0 Å². The van der Waals surface area contributed by atoms with Gasteiger partial charge >= 0.3 is 37.7 Å². The molecule has 2 aromatic rings. The summed E-state index contributed by atoms with van der Waals surface area (Å²) < 4.78 is 5.57. The Morgan fingerprint density at radius 1 is 1.13 bits per heavy atom. The molecule has 0 unspecified atom stereocenters. The smallest absolute Gasteiger partial charge is 0.851 e. The first-order valence-electron chi connectivity index (χ1n) is 12.5. The Labute approximate surface area is 261 Å². The molecule has 2 aromatic carbocycles. The molecule has 4 rings (SSSR count). The van der Waals surface area contributed by atoms with Crippen molar-refractivity contribution in [2.24, 2.45) is 11.1 Å². The average molecular weight is 552 g/mol. The van der Waals surface area contributed by atoms with E-state index in [1.807, 2.05) is 39.2 Å². The number of carbonyl (C=O) groups excluding carboxylic acids is 1. The summed E-state index contributed by atoms with van der Waals surface area (Å²) in [6, 6.07) is 15.7. The normalized spacial score (nSPS) is 14.6. The predicted octanol–water partition coefficient (Wildman–Crippen LogP) is 3.38. The first-order chi connectivity index (χ1) is 17.5. The predicted molar refractivity (Wildman–Crippen MR) is 159 cm³/mol. The third-order valence-corrected chi connectivity index (χ3v) is 5.45. The summed E-state index contributed by atoms with van der Waals surface area (Å²) in [5, 5.41) is 13.2. The maximum absolute atomic E-state index is 11.3. The van der Waals surface area contributed by atoms with E-state index in [2.05, 4.69) is 45.3 Å². The van der Waals surface area contributed by atoms with Gasteiger partial charge in [0.15, 0.2) is 11.5 Å². The number of nitrogens with two attached hydrogens (primary N) is 2. The van der Waals surface area contributed by atoms with Crippen LogP contribution in [0.15, 0.2) is 60.0 Å². The van der Waals surface area contributed by atoms with Gasteiger partial charge in [-0.15, -0.1) is 13.2 Å². The van der Waals surface area contributed by atoms with Gasteiger partial charge in [0.05, 0.1) is 6.61 Å². The molecule has 1 heterocycles. The first kappa shape index (κ1) is 38.5. The van der Waals surface area contributed by atoms with Gasteiger partial charge in [0, 0.05) is 30.3 Å². The number of ketones is 1. The molecule has 0 spiro atoms. The fourth-order valence-electron chi connectivity index (χ4n) is 2.75. The molecular weight excluding hydrogens is 504 g/mol. The van der Waals surface area contributed by atoms with Gasteiger partial charge in [-0.25, -0.2) is 0 Å².